The molecule has 1 fully saturated rings. The second kappa shape index (κ2) is 5.86. The Labute approximate surface area is 146 Å². The molecule has 25 heavy (non-hydrogen) atoms. The van der Waals surface area contributed by atoms with Crippen LogP contribution in [0.15, 0.2) is 53.4 Å². The van der Waals surface area contributed by atoms with Crippen molar-refractivity contribution in [1.82, 2.24) is 9.55 Å². The number of rotatable bonds is 2. The molecule has 3 aromatic rings. The highest BCUT2D eigenvalue weighted by molar-refractivity contribution is 8.19. The highest BCUT2D eigenvalue weighted by Crippen LogP contribution is 2.35. The predicted octanol–water partition coefficient (Wildman–Crippen LogP) is 3.95. The van der Waals surface area contributed by atoms with Gasteiger partial charge in [-0.05, 0) is 48.2 Å². The van der Waals surface area contributed by atoms with E-state index in [-0.39, 0.29) is 4.91 Å². The summed E-state index contributed by atoms with van der Waals surface area (Å²) in [5, 5.41) is -0.415. The van der Waals surface area contributed by atoms with Crippen molar-refractivity contribution in [3.63, 3.8) is 0 Å². The maximum atomic E-state index is 13.1. The van der Waals surface area contributed by atoms with Gasteiger partial charge in [0, 0.05) is 13.1 Å². The Morgan fingerprint density at radius 3 is 2.52 bits per heavy atom. The minimum atomic E-state index is -0.436. The Morgan fingerprint density at radius 1 is 1.08 bits per heavy atom. The fourth-order valence-electron chi connectivity index (χ4n) is 2.69. The summed E-state index contributed by atoms with van der Waals surface area (Å²) < 4.78 is 14.9. The third kappa shape index (κ3) is 2.62. The summed E-state index contributed by atoms with van der Waals surface area (Å²) in [6.45, 7) is 0. The van der Waals surface area contributed by atoms with Gasteiger partial charge in [-0.1, -0.05) is 12.1 Å². The van der Waals surface area contributed by atoms with Crippen LogP contribution in [-0.4, -0.2) is 20.7 Å². The molecule has 1 aliphatic rings. The Kier molecular flexibility index (Phi) is 3.65. The van der Waals surface area contributed by atoms with E-state index in [9.17, 15) is 14.0 Å². The van der Waals surface area contributed by atoms with Crippen LogP contribution < -0.4 is 4.90 Å². The molecular weight excluding hydrogens is 341 g/mol. The first-order chi connectivity index (χ1) is 12.0. The van der Waals surface area contributed by atoms with Gasteiger partial charge in [0.05, 0.1) is 21.6 Å². The second-order valence-electron chi connectivity index (χ2n) is 5.51. The first kappa shape index (κ1) is 15.6. The largest absolute Gasteiger partial charge is 0.328 e. The quantitative estimate of drug-likeness (QED) is 0.655. The van der Waals surface area contributed by atoms with E-state index in [0.29, 0.717) is 11.5 Å². The molecule has 0 saturated carbocycles. The molecule has 0 atom stereocenters. The lowest BCUT2D eigenvalue weighted by atomic mass is 10.3. The average Bonchev–Trinajstić information content (AvgIpc) is 3.06. The van der Waals surface area contributed by atoms with Crippen molar-refractivity contribution in [1.29, 1.82) is 0 Å². The Hall–Kier alpha value is -2.93. The zero-order chi connectivity index (χ0) is 17.6. The number of anilines is 1. The van der Waals surface area contributed by atoms with Crippen molar-refractivity contribution in [3.8, 4) is 0 Å². The fourth-order valence-corrected chi connectivity index (χ4v) is 3.50. The van der Waals surface area contributed by atoms with Crippen LogP contribution in [0.3, 0.4) is 0 Å². The summed E-state index contributed by atoms with van der Waals surface area (Å²) in [6.07, 6.45) is 1.61. The summed E-state index contributed by atoms with van der Waals surface area (Å²) in [5.74, 6) is -0.273. The van der Waals surface area contributed by atoms with Crippen molar-refractivity contribution >= 4 is 45.7 Å². The van der Waals surface area contributed by atoms with E-state index in [1.165, 1.54) is 24.3 Å². The summed E-state index contributed by atoms with van der Waals surface area (Å²) in [5.41, 5.74) is 2.10. The highest BCUT2D eigenvalue weighted by atomic mass is 32.2. The molecule has 0 bridgehead atoms. The van der Waals surface area contributed by atoms with Crippen LogP contribution in [0.25, 0.3) is 17.1 Å². The van der Waals surface area contributed by atoms with Gasteiger partial charge < -0.3 is 4.57 Å². The summed E-state index contributed by atoms with van der Waals surface area (Å²) in [6, 6.07) is 12.9. The molecule has 7 heteroatoms. The Balaban J connectivity index is 1.72. The number of carbonyl (C=O) groups excluding carboxylic acids is 2. The average molecular weight is 353 g/mol. The summed E-state index contributed by atoms with van der Waals surface area (Å²) >= 11 is 0.846. The standard InChI is InChI=1S/C18H12FN3O2S/c1-21-14-5-3-2-4-13(14)20-16(21)10-15-17(23)22(18(24)25-15)12-8-6-11(19)7-9-12/h2-10H,1H3/b15-10+. The number of benzene rings is 2. The van der Waals surface area contributed by atoms with Gasteiger partial charge in [0.15, 0.2) is 0 Å². The number of hydrogen-bond donors (Lipinski definition) is 0. The molecule has 2 amide bonds. The van der Waals surface area contributed by atoms with Crippen LogP contribution in [0.5, 0.6) is 0 Å². The molecule has 5 nitrogen and oxygen atoms in total. The summed E-state index contributed by atoms with van der Waals surface area (Å²) in [4.78, 5) is 30.7. The number of para-hydroxylation sites is 2. The van der Waals surface area contributed by atoms with Gasteiger partial charge in [-0.15, -0.1) is 0 Å². The van der Waals surface area contributed by atoms with E-state index in [1.54, 1.807) is 6.08 Å². The molecule has 2 heterocycles. The van der Waals surface area contributed by atoms with Gasteiger partial charge in [0.2, 0.25) is 0 Å². The van der Waals surface area contributed by atoms with Gasteiger partial charge in [-0.3, -0.25) is 9.59 Å². The van der Waals surface area contributed by atoms with Crippen LogP contribution in [0, 0.1) is 5.82 Å². The molecule has 4 rings (SSSR count). The van der Waals surface area contributed by atoms with Crippen LogP contribution in [-0.2, 0) is 11.8 Å². The number of hydrogen-bond acceptors (Lipinski definition) is 4. The molecule has 0 N–H and O–H groups in total. The molecule has 1 aliphatic heterocycles. The van der Waals surface area contributed by atoms with Gasteiger partial charge in [0.25, 0.3) is 11.1 Å². The van der Waals surface area contributed by atoms with Crippen LogP contribution in [0.4, 0.5) is 14.9 Å². The number of imide groups is 1. The molecule has 0 spiro atoms. The number of aryl methyl sites for hydroxylation is 1. The minimum Gasteiger partial charge on any atom is -0.328 e. The molecule has 2 aromatic carbocycles. The normalized spacial score (nSPS) is 16.4. The molecule has 0 aliphatic carbocycles. The maximum absolute atomic E-state index is 13.1. The smallest absolute Gasteiger partial charge is 0.298 e. The molecule has 1 aromatic heterocycles. The van der Waals surface area contributed by atoms with Crippen molar-refractivity contribution < 1.29 is 14.0 Å². The van der Waals surface area contributed by atoms with Gasteiger partial charge in [-0.25, -0.2) is 14.3 Å². The number of aromatic nitrogens is 2. The van der Waals surface area contributed by atoms with Crippen molar-refractivity contribution in [2.75, 3.05) is 4.90 Å². The lowest BCUT2D eigenvalue weighted by Crippen LogP contribution is -2.27. The SMILES string of the molecule is Cn1c(/C=C2/SC(=O)N(c3ccc(F)cc3)C2=O)nc2ccccc21. The molecule has 0 radical (unpaired) electrons. The van der Waals surface area contributed by atoms with E-state index in [2.05, 4.69) is 4.98 Å². The van der Waals surface area contributed by atoms with Crippen LogP contribution in [0.1, 0.15) is 5.82 Å². The number of fused-ring (bicyclic) bond motifs is 1. The zero-order valence-electron chi connectivity index (χ0n) is 13.1. The topological polar surface area (TPSA) is 55.2 Å². The monoisotopic (exact) mass is 353 g/mol. The zero-order valence-corrected chi connectivity index (χ0v) is 14.0. The third-order valence-corrected chi connectivity index (χ3v) is 4.83. The first-order valence-electron chi connectivity index (χ1n) is 7.49. The number of imidazole rings is 1. The third-order valence-electron chi connectivity index (χ3n) is 3.96. The van der Waals surface area contributed by atoms with Crippen LogP contribution >= 0.6 is 11.8 Å². The maximum Gasteiger partial charge on any atom is 0.298 e. The summed E-state index contributed by atoms with van der Waals surface area (Å²) in [7, 11) is 1.85. The molecule has 124 valence electrons. The molecule has 0 unspecified atom stereocenters. The van der Waals surface area contributed by atoms with E-state index in [4.69, 9.17) is 0 Å². The first-order valence-corrected chi connectivity index (χ1v) is 8.31. The number of halogens is 1. The number of carbonyl (C=O) groups is 2. The van der Waals surface area contributed by atoms with E-state index in [1.807, 2.05) is 35.9 Å². The molecule has 1 saturated heterocycles. The molecular formula is C18H12FN3O2S. The predicted molar refractivity (Wildman–Crippen MR) is 95.6 cm³/mol. The van der Waals surface area contributed by atoms with Gasteiger partial charge >= 0.3 is 0 Å². The number of nitrogens with zero attached hydrogens (tertiary/aromatic N) is 3. The van der Waals surface area contributed by atoms with E-state index >= 15 is 0 Å². The lowest BCUT2D eigenvalue weighted by Gasteiger charge is -2.11. The second-order valence-corrected chi connectivity index (χ2v) is 6.50. The van der Waals surface area contributed by atoms with Gasteiger partial charge in [0.1, 0.15) is 11.6 Å². The lowest BCUT2D eigenvalue weighted by molar-refractivity contribution is -0.113. The Morgan fingerprint density at radius 2 is 1.80 bits per heavy atom. The van der Waals surface area contributed by atoms with Gasteiger partial charge in [-0.2, -0.15) is 0 Å². The van der Waals surface area contributed by atoms with Crippen molar-refractivity contribution in [2.45, 2.75) is 0 Å². The van der Waals surface area contributed by atoms with E-state index < -0.39 is 17.0 Å². The number of amides is 2. The van der Waals surface area contributed by atoms with Crippen molar-refractivity contribution in [3.05, 3.63) is 65.1 Å². The highest BCUT2D eigenvalue weighted by Gasteiger charge is 2.36. The van der Waals surface area contributed by atoms with Crippen LogP contribution in [0.2, 0.25) is 0 Å². The van der Waals surface area contributed by atoms with Crippen molar-refractivity contribution in [2.24, 2.45) is 7.05 Å². The van der Waals surface area contributed by atoms with E-state index in [0.717, 1.165) is 27.7 Å². The fraction of sp³-hybridized carbons (Fsp3) is 0.0556. The number of thioether (sulfide) groups is 1. The minimum absolute atomic E-state index is 0.285. The Bertz CT molecular complexity index is 1040.